The predicted molar refractivity (Wildman–Crippen MR) is 117 cm³/mol. The van der Waals surface area contributed by atoms with Gasteiger partial charge in [0.1, 0.15) is 5.82 Å². The zero-order valence-corrected chi connectivity index (χ0v) is 16.8. The minimum atomic E-state index is -1.11. The summed E-state index contributed by atoms with van der Waals surface area (Å²) in [5.41, 5.74) is 0.743. The van der Waals surface area contributed by atoms with Crippen LogP contribution in [-0.2, 0) is 9.59 Å². The molecule has 0 spiro atoms. The molecule has 11 heteroatoms. The maximum absolute atomic E-state index is 13.0. The van der Waals surface area contributed by atoms with Crippen LogP contribution in [0.1, 0.15) is 23.5 Å². The number of carbonyl (C=O) groups is 2. The highest BCUT2D eigenvalue weighted by Gasteiger charge is 2.35. The molecule has 32 heavy (non-hydrogen) atoms. The van der Waals surface area contributed by atoms with Crippen LogP contribution in [0.25, 0.3) is 0 Å². The molecule has 1 aliphatic heterocycles. The summed E-state index contributed by atoms with van der Waals surface area (Å²) in [6.45, 7) is 1.68. The van der Waals surface area contributed by atoms with Crippen LogP contribution >= 0.6 is 0 Å². The summed E-state index contributed by atoms with van der Waals surface area (Å²) in [5, 5.41) is 19.1. The maximum Gasteiger partial charge on any atom is 0.271 e. The van der Waals surface area contributed by atoms with Crippen LogP contribution in [-0.4, -0.2) is 26.7 Å². The number of H-pyrrole nitrogens is 1. The van der Waals surface area contributed by atoms with E-state index in [9.17, 15) is 24.5 Å². The van der Waals surface area contributed by atoms with Gasteiger partial charge in [-0.1, -0.05) is 24.3 Å². The van der Waals surface area contributed by atoms with Crippen LogP contribution < -0.4 is 21.5 Å². The van der Waals surface area contributed by atoms with Gasteiger partial charge in [0.05, 0.1) is 22.1 Å². The fraction of sp³-hybridized carbons (Fsp3) is 0.143. The van der Waals surface area contributed by atoms with E-state index in [1.54, 1.807) is 31.2 Å². The van der Waals surface area contributed by atoms with Crippen LogP contribution in [0.2, 0.25) is 0 Å². The Bertz CT molecular complexity index is 1290. The van der Waals surface area contributed by atoms with E-state index < -0.39 is 28.2 Å². The number of fused-ring (bicyclic) bond motifs is 1. The Morgan fingerprint density at radius 2 is 1.94 bits per heavy atom. The highest BCUT2D eigenvalue weighted by Crippen LogP contribution is 2.31. The zero-order chi connectivity index (χ0) is 22.8. The van der Waals surface area contributed by atoms with Gasteiger partial charge in [-0.25, -0.2) is 0 Å². The summed E-state index contributed by atoms with van der Waals surface area (Å²) in [7, 11) is 0. The minimum Gasteiger partial charge on any atom is -0.326 e. The van der Waals surface area contributed by atoms with Gasteiger partial charge in [-0.15, -0.1) is 0 Å². The standard InChI is InChI=1S/C21H18N6O5/c1-11-7-8-13(27(31)32)9-15(11)23-19(29)14-10-16(28)24-18-17(14)20(30)26-21(25-18)22-12-5-3-2-4-6-12/h2-9,14H,10H2,1H3,(H,23,29)(H3,22,24,25,26,28,30)/t14-/m0/s1. The Hall–Kier alpha value is -4.54. The molecule has 0 saturated heterocycles. The number of benzene rings is 2. The Morgan fingerprint density at radius 3 is 2.66 bits per heavy atom. The largest absolute Gasteiger partial charge is 0.326 e. The number of rotatable bonds is 5. The molecular formula is C21H18N6O5. The number of aromatic nitrogens is 2. The quantitative estimate of drug-likeness (QED) is 0.355. The third-order valence-electron chi connectivity index (χ3n) is 4.99. The summed E-state index contributed by atoms with van der Waals surface area (Å²) in [6, 6.07) is 13.0. The SMILES string of the molecule is Cc1ccc([N+](=O)[O-])cc1NC(=O)[C@H]1CC(=O)Nc2nc(Nc3ccccc3)[nH]c(=O)c21. The topological polar surface area (TPSA) is 159 Å². The van der Waals surface area contributed by atoms with Gasteiger partial charge < -0.3 is 16.0 Å². The fourth-order valence-electron chi connectivity index (χ4n) is 3.39. The van der Waals surface area contributed by atoms with Crippen LogP contribution in [0.3, 0.4) is 0 Å². The molecule has 0 radical (unpaired) electrons. The van der Waals surface area contributed by atoms with Crippen LogP contribution in [0.5, 0.6) is 0 Å². The molecule has 11 nitrogen and oxygen atoms in total. The fourth-order valence-corrected chi connectivity index (χ4v) is 3.39. The molecule has 4 rings (SSSR count). The number of hydrogen-bond acceptors (Lipinski definition) is 7. The average molecular weight is 434 g/mol. The number of amides is 2. The first-order valence-corrected chi connectivity index (χ1v) is 9.64. The first-order chi connectivity index (χ1) is 15.3. The number of nitro groups is 1. The van der Waals surface area contributed by atoms with Crippen molar-refractivity contribution >= 4 is 40.6 Å². The lowest BCUT2D eigenvalue weighted by atomic mass is 9.92. The molecule has 1 aromatic heterocycles. The number of para-hydroxylation sites is 1. The molecule has 0 fully saturated rings. The molecular weight excluding hydrogens is 416 g/mol. The Kier molecular flexibility index (Phi) is 5.37. The van der Waals surface area contributed by atoms with Crippen molar-refractivity contribution in [2.75, 3.05) is 16.0 Å². The van der Waals surface area contributed by atoms with Crippen molar-refractivity contribution in [2.24, 2.45) is 0 Å². The predicted octanol–water partition coefficient (Wildman–Crippen LogP) is 2.79. The lowest BCUT2D eigenvalue weighted by Gasteiger charge is -2.24. The van der Waals surface area contributed by atoms with E-state index in [-0.39, 0.29) is 35.1 Å². The van der Waals surface area contributed by atoms with Gasteiger partial charge in [-0.05, 0) is 24.6 Å². The first kappa shape index (κ1) is 20.7. The van der Waals surface area contributed by atoms with Crippen molar-refractivity contribution < 1.29 is 14.5 Å². The van der Waals surface area contributed by atoms with Gasteiger partial charge in [0.25, 0.3) is 11.2 Å². The van der Waals surface area contributed by atoms with E-state index in [1.165, 1.54) is 18.2 Å². The molecule has 0 saturated carbocycles. The number of nitrogens with one attached hydrogen (secondary N) is 4. The number of anilines is 4. The molecule has 1 aliphatic rings. The lowest BCUT2D eigenvalue weighted by molar-refractivity contribution is -0.384. The number of non-ortho nitro benzene ring substituents is 1. The van der Waals surface area contributed by atoms with Gasteiger partial charge in [0.15, 0.2) is 0 Å². The van der Waals surface area contributed by atoms with Crippen molar-refractivity contribution in [3.63, 3.8) is 0 Å². The summed E-state index contributed by atoms with van der Waals surface area (Å²) in [5.74, 6) is -2.13. The van der Waals surface area contributed by atoms with Gasteiger partial charge in [0.2, 0.25) is 17.8 Å². The molecule has 4 N–H and O–H groups in total. The van der Waals surface area contributed by atoms with Gasteiger partial charge in [-0.3, -0.25) is 29.5 Å². The summed E-state index contributed by atoms with van der Waals surface area (Å²) >= 11 is 0. The average Bonchev–Trinajstić information content (AvgIpc) is 2.75. The van der Waals surface area contributed by atoms with E-state index in [0.29, 0.717) is 11.3 Å². The second kappa shape index (κ2) is 8.30. The lowest BCUT2D eigenvalue weighted by Crippen LogP contribution is -2.36. The number of aromatic amines is 1. The molecule has 3 aromatic rings. The smallest absolute Gasteiger partial charge is 0.271 e. The van der Waals surface area contributed by atoms with Gasteiger partial charge in [-0.2, -0.15) is 4.98 Å². The van der Waals surface area contributed by atoms with Crippen molar-refractivity contribution in [3.05, 3.63) is 80.1 Å². The number of hydrogen-bond donors (Lipinski definition) is 4. The maximum atomic E-state index is 13.0. The zero-order valence-electron chi connectivity index (χ0n) is 16.8. The van der Waals surface area contributed by atoms with E-state index >= 15 is 0 Å². The number of aryl methyl sites for hydroxylation is 1. The molecule has 1 atom stereocenters. The molecule has 0 unspecified atom stereocenters. The molecule has 2 aromatic carbocycles. The van der Waals surface area contributed by atoms with E-state index in [1.807, 2.05) is 6.07 Å². The Labute approximate surface area is 181 Å². The van der Waals surface area contributed by atoms with Gasteiger partial charge >= 0.3 is 0 Å². The van der Waals surface area contributed by atoms with Crippen molar-refractivity contribution in [2.45, 2.75) is 19.3 Å². The van der Waals surface area contributed by atoms with Crippen LogP contribution in [0.15, 0.2) is 53.3 Å². The Balaban J connectivity index is 1.65. The molecule has 0 aliphatic carbocycles. The molecule has 162 valence electrons. The van der Waals surface area contributed by atoms with Crippen LogP contribution in [0, 0.1) is 17.0 Å². The Morgan fingerprint density at radius 1 is 1.19 bits per heavy atom. The molecule has 0 bridgehead atoms. The summed E-state index contributed by atoms with van der Waals surface area (Å²) < 4.78 is 0. The number of nitrogens with zero attached hydrogens (tertiary/aromatic N) is 2. The monoisotopic (exact) mass is 434 g/mol. The van der Waals surface area contributed by atoms with Crippen LogP contribution in [0.4, 0.5) is 28.8 Å². The number of nitro benzene ring substituents is 1. The van der Waals surface area contributed by atoms with E-state index in [4.69, 9.17) is 0 Å². The first-order valence-electron chi connectivity index (χ1n) is 9.64. The highest BCUT2D eigenvalue weighted by atomic mass is 16.6. The molecule has 2 heterocycles. The second-order valence-electron chi connectivity index (χ2n) is 7.22. The number of carbonyl (C=O) groups excluding carboxylic acids is 2. The molecule has 2 amide bonds. The van der Waals surface area contributed by atoms with Gasteiger partial charge in [0, 0.05) is 24.2 Å². The third-order valence-corrected chi connectivity index (χ3v) is 4.99. The van der Waals surface area contributed by atoms with E-state index in [0.717, 1.165) is 0 Å². The van der Waals surface area contributed by atoms with Crippen molar-refractivity contribution in [3.8, 4) is 0 Å². The minimum absolute atomic E-state index is 0.0145. The normalized spacial score (nSPS) is 14.8. The third kappa shape index (κ3) is 4.17. The van der Waals surface area contributed by atoms with Crippen molar-refractivity contribution in [1.82, 2.24) is 9.97 Å². The van der Waals surface area contributed by atoms with Crippen molar-refractivity contribution in [1.29, 1.82) is 0 Å². The summed E-state index contributed by atoms with van der Waals surface area (Å²) in [4.78, 5) is 55.3. The van der Waals surface area contributed by atoms with E-state index in [2.05, 4.69) is 25.9 Å². The highest BCUT2D eigenvalue weighted by molar-refractivity contribution is 6.04. The summed E-state index contributed by atoms with van der Waals surface area (Å²) in [6.07, 6.45) is -0.261. The second-order valence-corrected chi connectivity index (χ2v) is 7.22.